The fourth-order valence-corrected chi connectivity index (χ4v) is 2.12. The normalized spacial score (nSPS) is 10.2. The van der Waals surface area contributed by atoms with Crippen molar-refractivity contribution in [1.82, 2.24) is 4.98 Å². The first-order valence-electron chi connectivity index (χ1n) is 4.67. The standard InChI is InChI=1S/C12H12N2S/c1-15-11-7-3-2-5-9(11)10-6-4-8-14-12(10)13/h2-8H,1H3,(H2,13,14). The maximum Gasteiger partial charge on any atom is 0.131 e. The van der Waals surface area contributed by atoms with Crippen LogP contribution in [-0.4, -0.2) is 11.2 Å². The van der Waals surface area contributed by atoms with Gasteiger partial charge < -0.3 is 5.73 Å². The zero-order chi connectivity index (χ0) is 10.7. The zero-order valence-electron chi connectivity index (χ0n) is 8.47. The molecule has 2 nitrogen and oxygen atoms in total. The molecule has 0 saturated heterocycles. The number of aromatic nitrogens is 1. The number of hydrogen-bond acceptors (Lipinski definition) is 3. The summed E-state index contributed by atoms with van der Waals surface area (Å²) in [6.45, 7) is 0. The molecule has 2 N–H and O–H groups in total. The fraction of sp³-hybridized carbons (Fsp3) is 0.0833. The summed E-state index contributed by atoms with van der Waals surface area (Å²) in [5, 5.41) is 0. The molecule has 76 valence electrons. The van der Waals surface area contributed by atoms with Gasteiger partial charge in [-0.1, -0.05) is 18.2 Å². The van der Waals surface area contributed by atoms with Gasteiger partial charge in [0.2, 0.25) is 0 Å². The molecule has 0 aliphatic rings. The Balaban J connectivity index is 2.59. The first kappa shape index (κ1) is 10.1. The van der Waals surface area contributed by atoms with Crippen LogP contribution in [0.15, 0.2) is 47.5 Å². The third kappa shape index (κ3) is 1.97. The Morgan fingerprint density at radius 3 is 2.53 bits per heavy atom. The van der Waals surface area contributed by atoms with E-state index >= 15 is 0 Å². The third-order valence-corrected chi connectivity index (χ3v) is 3.03. The van der Waals surface area contributed by atoms with Crippen LogP contribution in [0.4, 0.5) is 5.82 Å². The highest BCUT2D eigenvalue weighted by atomic mass is 32.2. The van der Waals surface area contributed by atoms with Crippen molar-refractivity contribution in [3.05, 3.63) is 42.6 Å². The van der Waals surface area contributed by atoms with Crippen LogP contribution in [0.1, 0.15) is 0 Å². The van der Waals surface area contributed by atoms with E-state index in [-0.39, 0.29) is 0 Å². The molecule has 3 heteroatoms. The number of benzene rings is 1. The molecule has 15 heavy (non-hydrogen) atoms. The number of hydrogen-bond donors (Lipinski definition) is 1. The first-order chi connectivity index (χ1) is 7.33. The van der Waals surface area contributed by atoms with E-state index < -0.39 is 0 Å². The van der Waals surface area contributed by atoms with E-state index in [1.165, 1.54) is 4.90 Å². The molecule has 0 atom stereocenters. The fourth-order valence-electron chi connectivity index (χ4n) is 1.51. The molecule has 0 bridgehead atoms. The molecule has 1 aromatic carbocycles. The highest BCUT2D eigenvalue weighted by molar-refractivity contribution is 7.98. The van der Waals surface area contributed by atoms with Gasteiger partial charge in [-0.15, -0.1) is 11.8 Å². The van der Waals surface area contributed by atoms with E-state index in [1.807, 2.05) is 24.3 Å². The van der Waals surface area contributed by atoms with Gasteiger partial charge in [-0.2, -0.15) is 0 Å². The summed E-state index contributed by atoms with van der Waals surface area (Å²) < 4.78 is 0. The number of nitrogens with two attached hydrogens (primary N) is 1. The van der Waals surface area contributed by atoms with Crippen LogP contribution < -0.4 is 5.73 Å². The van der Waals surface area contributed by atoms with E-state index in [0.29, 0.717) is 5.82 Å². The van der Waals surface area contributed by atoms with Crippen molar-refractivity contribution in [2.45, 2.75) is 4.90 Å². The SMILES string of the molecule is CSc1ccccc1-c1cccnc1N. The maximum atomic E-state index is 5.86. The second kappa shape index (κ2) is 4.36. The van der Waals surface area contributed by atoms with Crippen molar-refractivity contribution < 1.29 is 0 Å². The van der Waals surface area contributed by atoms with Crippen molar-refractivity contribution in [3.8, 4) is 11.1 Å². The predicted octanol–water partition coefficient (Wildman–Crippen LogP) is 3.05. The molecular formula is C12H12N2S. The van der Waals surface area contributed by atoms with Crippen LogP contribution in [0.5, 0.6) is 0 Å². The summed E-state index contributed by atoms with van der Waals surface area (Å²) in [6, 6.07) is 12.1. The average molecular weight is 216 g/mol. The van der Waals surface area contributed by atoms with E-state index in [0.717, 1.165) is 11.1 Å². The molecule has 0 unspecified atom stereocenters. The van der Waals surface area contributed by atoms with Crippen molar-refractivity contribution in [2.75, 3.05) is 12.0 Å². The van der Waals surface area contributed by atoms with Crippen molar-refractivity contribution in [2.24, 2.45) is 0 Å². The zero-order valence-corrected chi connectivity index (χ0v) is 9.29. The molecule has 0 amide bonds. The molecule has 0 aliphatic carbocycles. The van der Waals surface area contributed by atoms with Crippen molar-refractivity contribution in [1.29, 1.82) is 0 Å². The molecule has 0 saturated carbocycles. The third-order valence-electron chi connectivity index (χ3n) is 2.24. The van der Waals surface area contributed by atoms with E-state index in [9.17, 15) is 0 Å². The van der Waals surface area contributed by atoms with Gasteiger partial charge in [0.15, 0.2) is 0 Å². The summed E-state index contributed by atoms with van der Waals surface area (Å²) in [5.41, 5.74) is 8.01. The van der Waals surface area contributed by atoms with Crippen LogP contribution in [-0.2, 0) is 0 Å². The number of nitrogens with zero attached hydrogens (tertiary/aromatic N) is 1. The van der Waals surface area contributed by atoms with Gasteiger partial charge in [-0.3, -0.25) is 0 Å². The molecule has 0 spiro atoms. The number of nitrogen functional groups attached to an aromatic ring is 1. The highest BCUT2D eigenvalue weighted by Crippen LogP contribution is 2.32. The average Bonchev–Trinajstić information content (AvgIpc) is 2.30. The quantitative estimate of drug-likeness (QED) is 0.784. The van der Waals surface area contributed by atoms with Gasteiger partial charge in [0, 0.05) is 16.7 Å². The smallest absolute Gasteiger partial charge is 0.131 e. The summed E-state index contributed by atoms with van der Waals surface area (Å²) in [4.78, 5) is 5.32. The van der Waals surface area contributed by atoms with E-state index in [1.54, 1.807) is 18.0 Å². The number of pyridine rings is 1. The van der Waals surface area contributed by atoms with Gasteiger partial charge in [0.1, 0.15) is 5.82 Å². The van der Waals surface area contributed by atoms with Gasteiger partial charge >= 0.3 is 0 Å². The molecule has 1 heterocycles. The maximum absolute atomic E-state index is 5.86. The molecule has 0 aliphatic heterocycles. The summed E-state index contributed by atoms with van der Waals surface area (Å²) in [5.74, 6) is 0.582. The lowest BCUT2D eigenvalue weighted by atomic mass is 10.1. The lowest BCUT2D eigenvalue weighted by molar-refractivity contribution is 1.32. The predicted molar refractivity (Wildman–Crippen MR) is 65.9 cm³/mol. The number of rotatable bonds is 2. The lowest BCUT2D eigenvalue weighted by Crippen LogP contribution is -1.93. The minimum Gasteiger partial charge on any atom is -0.383 e. The molecule has 2 aromatic rings. The molecule has 0 radical (unpaired) electrons. The van der Waals surface area contributed by atoms with Gasteiger partial charge in [0.05, 0.1) is 0 Å². The molecular weight excluding hydrogens is 204 g/mol. The minimum absolute atomic E-state index is 0.582. The van der Waals surface area contributed by atoms with Crippen molar-refractivity contribution >= 4 is 17.6 Å². The molecule has 1 aromatic heterocycles. The Hall–Kier alpha value is -1.48. The van der Waals surface area contributed by atoms with Gasteiger partial charge in [0.25, 0.3) is 0 Å². The summed E-state index contributed by atoms with van der Waals surface area (Å²) >= 11 is 1.72. The second-order valence-corrected chi connectivity index (χ2v) is 3.98. The van der Waals surface area contributed by atoms with Crippen LogP contribution in [0.25, 0.3) is 11.1 Å². The monoisotopic (exact) mass is 216 g/mol. The van der Waals surface area contributed by atoms with Crippen LogP contribution in [0.2, 0.25) is 0 Å². The molecule has 2 rings (SSSR count). The van der Waals surface area contributed by atoms with Crippen LogP contribution in [0, 0.1) is 0 Å². The summed E-state index contributed by atoms with van der Waals surface area (Å²) in [7, 11) is 0. The van der Waals surface area contributed by atoms with Crippen LogP contribution >= 0.6 is 11.8 Å². The lowest BCUT2D eigenvalue weighted by Gasteiger charge is -2.08. The first-order valence-corrected chi connectivity index (χ1v) is 5.89. The Labute approximate surface area is 93.5 Å². The minimum atomic E-state index is 0.582. The largest absolute Gasteiger partial charge is 0.383 e. The number of anilines is 1. The Morgan fingerprint density at radius 1 is 1.07 bits per heavy atom. The Kier molecular flexibility index (Phi) is 2.92. The Bertz CT molecular complexity index is 469. The van der Waals surface area contributed by atoms with E-state index in [4.69, 9.17) is 5.73 Å². The van der Waals surface area contributed by atoms with Crippen molar-refractivity contribution in [3.63, 3.8) is 0 Å². The van der Waals surface area contributed by atoms with E-state index in [2.05, 4.69) is 23.4 Å². The van der Waals surface area contributed by atoms with Crippen LogP contribution in [0.3, 0.4) is 0 Å². The highest BCUT2D eigenvalue weighted by Gasteiger charge is 2.06. The Morgan fingerprint density at radius 2 is 1.80 bits per heavy atom. The second-order valence-electron chi connectivity index (χ2n) is 3.14. The molecule has 0 fully saturated rings. The van der Waals surface area contributed by atoms with Gasteiger partial charge in [-0.25, -0.2) is 4.98 Å². The summed E-state index contributed by atoms with van der Waals surface area (Å²) in [6.07, 6.45) is 3.77. The number of thioether (sulfide) groups is 1. The topological polar surface area (TPSA) is 38.9 Å². The van der Waals surface area contributed by atoms with Gasteiger partial charge in [-0.05, 0) is 30.0 Å².